The molecule has 10 heteroatoms. The molecular formula is C37H50ClN3O5S. The molecule has 2 bridgehead atoms. The van der Waals surface area contributed by atoms with Crippen molar-refractivity contribution in [2.45, 2.75) is 84.2 Å². The average molecular weight is 684 g/mol. The van der Waals surface area contributed by atoms with E-state index < -0.39 is 15.8 Å². The van der Waals surface area contributed by atoms with Gasteiger partial charge in [-0.15, -0.1) is 4.36 Å². The number of hydrogen-bond acceptors (Lipinski definition) is 6. The SMILES string of the molecule is CC[C@H]1CN2C[C@@]3(CCCc4cc(Cl)ccc43)COc3ccc(cc32)C(=O)N=S(=O)(NC(=O)CC(C)C)CCC/C=C/[C@H](OC)[C@@H]1C. The van der Waals surface area contributed by atoms with Gasteiger partial charge >= 0.3 is 0 Å². The van der Waals surface area contributed by atoms with Crippen LogP contribution in [-0.2, 0) is 31.3 Å². The van der Waals surface area contributed by atoms with E-state index in [9.17, 15) is 13.8 Å². The third kappa shape index (κ3) is 8.23. The zero-order chi connectivity index (χ0) is 33.8. The lowest BCUT2D eigenvalue weighted by molar-refractivity contribution is -0.119. The van der Waals surface area contributed by atoms with Crippen molar-refractivity contribution in [3.63, 3.8) is 0 Å². The number of ether oxygens (including phenoxy) is 2. The minimum Gasteiger partial charge on any atom is -0.490 e. The maximum Gasteiger partial charge on any atom is 0.286 e. The molecule has 2 aromatic carbocycles. The number of aryl methyl sites for hydroxylation is 1. The van der Waals surface area contributed by atoms with Gasteiger partial charge in [-0.05, 0) is 91.3 Å². The first kappa shape index (κ1) is 35.4. The summed E-state index contributed by atoms with van der Waals surface area (Å²) in [5.41, 5.74) is 3.42. The van der Waals surface area contributed by atoms with Gasteiger partial charge in [-0.25, -0.2) is 4.21 Å². The summed E-state index contributed by atoms with van der Waals surface area (Å²) in [6, 6.07) is 11.6. The van der Waals surface area contributed by atoms with Crippen LogP contribution < -0.4 is 14.4 Å². The average Bonchev–Trinajstić information content (AvgIpc) is 3.17. The lowest BCUT2D eigenvalue weighted by Crippen LogP contribution is -2.47. The van der Waals surface area contributed by atoms with Crippen LogP contribution in [0.2, 0.25) is 5.02 Å². The maximum absolute atomic E-state index is 14.1. The van der Waals surface area contributed by atoms with E-state index in [0.717, 1.165) is 42.9 Å². The molecule has 5 atom stereocenters. The predicted octanol–water partition coefficient (Wildman–Crippen LogP) is 7.53. The Morgan fingerprint density at radius 3 is 2.79 bits per heavy atom. The van der Waals surface area contributed by atoms with E-state index in [4.69, 9.17) is 21.1 Å². The quantitative estimate of drug-likeness (QED) is 0.328. The summed E-state index contributed by atoms with van der Waals surface area (Å²) >= 11 is 6.44. The maximum atomic E-state index is 14.1. The van der Waals surface area contributed by atoms with Gasteiger partial charge in [0.05, 0.1) is 24.2 Å². The summed E-state index contributed by atoms with van der Waals surface area (Å²) < 4.78 is 33.5. The summed E-state index contributed by atoms with van der Waals surface area (Å²) in [5.74, 6) is 0.367. The number of nitrogens with one attached hydrogen (secondary N) is 1. The van der Waals surface area contributed by atoms with Crippen molar-refractivity contribution in [1.29, 1.82) is 0 Å². The first-order chi connectivity index (χ1) is 22.5. The van der Waals surface area contributed by atoms with Crippen LogP contribution in [0.4, 0.5) is 5.69 Å². The van der Waals surface area contributed by atoms with E-state index in [-0.39, 0.29) is 47.4 Å². The Hall–Kier alpha value is -2.88. The monoisotopic (exact) mass is 683 g/mol. The third-order valence-electron chi connectivity index (χ3n) is 10.0. The molecule has 256 valence electrons. The van der Waals surface area contributed by atoms with Crippen LogP contribution in [0, 0.1) is 17.8 Å². The van der Waals surface area contributed by atoms with E-state index in [1.807, 2.05) is 32.0 Å². The fourth-order valence-electron chi connectivity index (χ4n) is 7.46. The highest BCUT2D eigenvalue weighted by Gasteiger charge is 2.42. The Morgan fingerprint density at radius 2 is 2.04 bits per heavy atom. The van der Waals surface area contributed by atoms with E-state index in [0.29, 0.717) is 37.3 Å². The topological polar surface area (TPSA) is 97.3 Å². The Labute approximate surface area is 285 Å². The van der Waals surface area contributed by atoms with Crippen molar-refractivity contribution in [1.82, 2.24) is 4.72 Å². The number of carbonyl (C=O) groups excluding carboxylic acids is 2. The molecule has 1 spiro atoms. The summed E-state index contributed by atoms with van der Waals surface area (Å²) in [6.07, 6.45) is 9.31. The number of halogens is 1. The van der Waals surface area contributed by atoms with Crippen LogP contribution in [0.25, 0.3) is 0 Å². The van der Waals surface area contributed by atoms with Crippen LogP contribution in [0.15, 0.2) is 52.9 Å². The molecular weight excluding hydrogens is 634 g/mol. The van der Waals surface area contributed by atoms with Gasteiger partial charge in [-0.2, -0.15) is 0 Å². The molecule has 3 aliphatic rings. The number of nitrogens with zero attached hydrogens (tertiary/aromatic N) is 2. The molecule has 1 aliphatic carbocycles. The summed E-state index contributed by atoms with van der Waals surface area (Å²) in [4.78, 5) is 28.9. The highest BCUT2D eigenvalue weighted by molar-refractivity contribution is 7.92. The first-order valence-electron chi connectivity index (χ1n) is 17.1. The Morgan fingerprint density at radius 1 is 1.23 bits per heavy atom. The number of fused-ring (bicyclic) bond motifs is 3. The van der Waals surface area contributed by atoms with Crippen molar-refractivity contribution >= 4 is 39.0 Å². The molecule has 8 nitrogen and oxygen atoms in total. The van der Waals surface area contributed by atoms with Crippen molar-refractivity contribution in [2.24, 2.45) is 22.1 Å². The second-order valence-electron chi connectivity index (χ2n) is 13.9. The van der Waals surface area contributed by atoms with E-state index >= 15 is 0 Å². The molecule has 2 aliphatic heterocycles. The standard InChI is InChI=1S/C37H50ClN3O5S/c1-6-27-22-41-23-37(17-10-11-28-20-30(38)14-15-31(28)37)24-46-34-16-13-29(21-32(34)41)36(43)40-47(44,39-35(42)19-25(2)3)18-9-7-8-12-33(45-5)26(27)4/h8,12-16,20-21,25-27,33H,6-7,9-11,17-19,22-24H2,1-5H3,(H,39,40,42,43,44)/b12-8+/t26-,27+,33+,37+,47?/m1/s1. The van der Waals surface area contributed by atoms with E-state index in [1.165, 1.54) is 11.1 Å². The van der Waals surface area contributed by atoms with Crippen LogP contribution in [0.1, 0.15) is 87.7 Å². The smallest absolute Gasteiger partial charge is 0.286 e. The van der Waals surface area contributed by atoms with Crippen molar-refractivity contribution in [3.05, 3.63) is 70.3 Å². The third-order valence-corrected chi connectivity index (χ3v) is 12.1. The lowest BCUT2D eigenvalue weighted by atomic mass is 9.70. The van der Waals surface area contributed by atoms with Gasteiger partial charge in [-0.3, -0.25) is 14.3 Å². The van der Waals surface area contributed by atoms with Crippen molar-refractivity contribution < 1.29 is 23.3 Å². The number of hydrogen-bond donors (Lipinski definition) is 1. The van der Waals surface area contributed by atoms with Crippen LogP contribution in [0.5, 0.6) is 5.75 Å². The minimum atomic E-state index is -3.35. The van der Waals surface area contributed by atoms with Gasteiger partial charge in [0.1, 0.15) is 15.7 Å². The molecule has 0 aromatic heterocycles. The second-order valence-corrected chi connectivity index (χ2v) is 16.5. The molecule has 0 saturated carbocycles. The number of allylic oxidation sites excluding steroid dienone is 1. The normalized spacial score (nSPS) is 29.0. The highest BCUT2D eigenvalue weighted by atomic mass is 35.5. The number of rotatable bonds is 5. The number of benzene rings is 2. The Bertz CT molecular complexity index is 1620. The summed E-state index contributed by atoms with van der Waals surface area (Å²) in [6.45, 7) is 10.3. The first-order valence-corrected chi connectivity index (χ1v) is 19.1. The Kier molecular flexibility index (Phi) is 11.4. The molecule has 47 heavy (non-hydrogen) atoms. The van der Waals surface area contributed by atoms with Crippen molar-refractivity contribution in [3.8, 4) is 5.75 Å². The zero-order valence-electron chi connectivity index (χ0n) is 28.4. The van der Waals surface area contributed by atoms with Crippen LogP contribution in [0.3, 0.4) is 0 Å². The van der Waals surface area contributed by atoms with Crippen LogP contribution in [-0.4, -0.2) is 54.7 Å². The second kappa shape index (κ2) is 15.1. The predicted molar refractivity (Wildman–Crippen MR) is 190 cm³/mol. The van der Waals surface area contributed by atoms with E-state index in [1.54, 1.807) is 13.2 Å². The molecule has 0 fully saturated rings. The molecule has 2 heterocycles. The fraction of sp³-hybridized carbons (Fsp3) is 0.568. The zero-order valence-corrected chi connectivity index (χ0v) is 30.0. The van der Waals surface area contributed by atoms with Gasteiger partial charge in [0.15, 0.2) is 0 Å². The van der Waals surface area contributed by atoms with Crippen molar-refractivity contribution in [2.75, 3.05) is 37.5 Å². The van der Waals surface area contributed by atoms with Gasteiger partial charge in [0.2, 0.25) is 5.91 Å². The molecule has 2 amide bonds. The van der Waals surface area contributed by atoms with Gasteiger partial charge in [0.25, 0.3) is 5.91 Å². The number of methoxy groups -OCH3 is 1. The number of anilines is 1. The summed E-state index contributed by atoms with van der Waals surface area (Å²) in [5, 5.41) is 0.742. The fourth-order valence-corrected chi connectivity index (χ4v) is 9.26. The molecule has 0 radical (unpaired) electrons. The molecule has 2 aromatic rings. The number of amides is 2. The van der Waals surface area contributed by atoms with Crippen LogP contribution >= 0.6 is 11.6 Å². The minimum absolute atomic E-state index is 0.0732. The molecule has 0 saturated heterocycles. The highest BCUT2D eigenvalue weighted by Crippen LogP contribution is 2.45. The van der Waals surface area contributed by atoms with Gasteiger partial charge < -0.3 is 14.4 Å². The Balaban J connectivity index is 1.61. The lowest BCUT2D eigenvalue weighted by Gasteiger charge is -2.42. The molecule has 1 unspecified atom stereocenters. The molecule has 5 rings (SSSR count). The van der Waals surface area contributed by atoms with E-state index in [2.05, 4.69) is 52.1 Å². The molecule has 1 N–H and O–H groups in total. The van der Waals surface area contributed by atoms with Gasteiger partial charge in [-0.1, -0.05) is 63.9 Å². The number of carbonyl (C=O) groups is 2. The largest absolute Gasteiger partial charge is 0.490 e. The van der Waals surface area contributed by atoms with Gasteiger partial charge in [0, 0.05) is 42.6 Å². The summed E-state index contributed by atoms with van der Waals surface area (Å²) in [7, 11) is -1.60.